The molecule has 90 valence electrons. The van der Waals surface area contributed by atoms with Crippen molar-refractivity contribution in [3.05, 3.63) is 34.4 Å². The minimum atomic E-state index is -0.616. The summed E-state index contributed by atoms with van der Waals surface area (Å²) in [6, 6.07) is 3.33. The summed E-state index contributed by atoms with van der Waals surface area (Å²) in [7, 11) is 3.09. The van der Waals surface area contributed by atoms with Gasteiger partial charge in [0, 0.05) is 14.2 Å². The highest BCUT2D eigenvalue weighted by Crippen LogP contribution is 2.27. The highest BCUT2D eigenvalue weighted by molar-refractivity contribution is 6.15. The third-order valence-corrected chi connectivity index (χ3v) is 2.61. The van der Waals surface area contributed by atoms with E-state index in [4.69, 9.17) is 9.47 Å². The quantitative estimate of drug-likeness (QED) is 0.582. The fourth-order valence-electron chi connectivity index (χ4n) is 1.88. The predicted molar refractivity (Wildman–Crippen MR) is 57.6 cm³/mol. The van der Waals surface area contributed by atoms with Gasteiger partial charge in [-0.1, -0.05) is 6.07 Å². The Hall–Kier alpha value is -1.72. The molecule has 0 aromatic heterocycles. The third-order valence-electron chi connectivity index (χ3n) is 2.61. The summed E-state index contributed by atoms with van der Waals surface area (Å²) >= 11 is 0. The van der Waals surface area contributed by atoms with Gasteiger partial charge in [-0.3, -0.25) is 0 Å². The second kappa shape index (κ2) is 4.65. The number of ether oxygens (including phenoxy) is 3. The number of benzene rings is 1. The summed E-state index contributed by atoms with van der Waals surface area (Å²) in [6.45, 7) is 0.595. The highest BCUT2D eigenvalue weighted by atomic mass is 16.6. The normalized spacial score (nSPS) is 13.8. The number of carbonyl (C=O) groups is 2. The van der Waals surface area contributed by atoms with Crippen molar-refractivity contribution in [3.63, 3.8) is 0 Å². The molecular weight excluding hydrogens is 224 g/mol. The van der Waals surface area contributed by atoms with Gasteiger partial charge in [0.1, 0.15) is 0 Å². The molecule has 17 heavy (non-hydrogen) atoms. The number of methoxy groups -OCH3 is 2. The summed E-state index contributed by atoms with van der Waals surface area (Å²) in [4.78, 5) is 23.0. The topological polar surface area (TPSA) is 61.8 Å². The average molecular weight is 236 g/mol. The summed E-state index contributed by atoms with van der Waals surface area (Å²) in [5, 5.41) is 0. The van der Waals surface area contributed by atoms with E-state index >= 15 is 0 Å². The lowest BCUT2D eigenvalue weighted by Gasteiger charge is -2.10. The average Bonchev–Trinajstić information content (AvgIpc) is 2.58. The molecule has 0 bridgehead atoms. The molecule has 1 heterocycles. The van der Waals surface area contributed by atoms with Gasteiger partial charge in [-0.15, -0.1) is 0 Å². The number of fused-ring (bicyclic) bond motifs is 1. The van der Waals surface area contributed by atoms with Crippen LogP contribution >= 0.6 is 0 Å². The second-order valence-corrected chi connectivity index (χ2v) is 3.67. The van der Waals surface area contributed by atoms with Gasteiger partial charge in [-0.05, 0) is 17.2 Å². The van der Waals surface area contributed by atoms with E-state index < -0.39 is 11.9 Å². The second-order valence-electron chi connectivity index (χ2n) is 3.67. The van der Waals surface area contributed by atoms with Gasteiger partial charge >= 0.3 is 11.9 Å². The molecule has 1 aromatic carbocycles. The van der Waals surface area contributed by atoms with Crippen LogP contribution in [0, 0.1) is 0 Å². The largest absolute Gasteiger partial charge is 0.386 e. The van der Waals surface area contributed by atoms with Crippen LogP contribution in [0.5, 0.6) is 0 Å². The number of rotatable bonds is 4. The van der Waals surface area contributed by atoms with E-state index in [1.165, 1.54) is 7.11 Å². The molecule has 0 saturated heterocycles. The van der Waals surface area contributed by atoms with Gasteiger partial charge in [0.15, 0.2) is 0 Å². The predicted octanol–water partition coefficient (Wildman–Crippen LogP) is 1.29. The minimum absolute atomic E-state index is 0.240. The Kier molecular flexibility index (Phi) is 3.21. The van der Waals surface area contributed by atoms with Crippen molar-refractivity contribution in [1.29, 1.82) is 0 Å². The molecule has 0 atom stereocenters. The van der Waals surface area contributed by atoms with Crippen LogP contribution in [0.25, 0.3) is 0 Å². The van der Waals surface area contributed by atoms with Crippen LogP contribution in [0.1, 0.15) is 31.8 Å². The summed E-state index contributed by atoms with van der Waals surface area (Å²) in [5.74, 6) is -1.22. The zero-order valence-electron chi connectivity index (χ0n) is 9.61. The summed E-state index contributed by atoms with van der Waals surface area (Å²) < 4.78 is 14.7. The van der Waals surface area contributed by atoms with E-state index in [0.717, 1.165) is 5.56 Å². The molecule has 0 spiro atoms. The van der Waals surface area contributed by atoms with Crippen LogP contribution in [-0.2, 0) is 27.4 Å². The SMILES string of the molecule is COCc1ccc2c(c1COC)C(=O)OC2=O. The summed E-state index contributed by atoms with van der Waals surface area (Å²) in [5.41, 5.74) is 2.07. The van der Waals surface area contributed by atoms with E-state index in [1.54, 1.807) is 19.2 Å². The Morgan fingerprint density at radius 2 is 1.76 bits per heavy atom. The molecule has 0 saturated carbocycles. The van der Waals surface area contributed by atoms with Crippen molar-refractivity contribution in [2.45, 2.75) is 13.2 Å². The standard InChI is InChI=1S/C12H12O5/c1-15-5-7-3-4-8-10(9(7)6-16-2)12(14)17-11(8)13/h3-4H,5-6H2,1-2H3. The molecular formula is C12H12O5. The number of hydrogen-bond acceptors (Lipinski definition) is 5. The van der Waals surface area contributed by atoms with E-state index in [9.17, 15) is 9.59 Å². The first kappa shape index (κ1) is 11.8. The van der Waals surface area contributed by atoms with Crippen molar-refractivity contribution < 1.29 is 23.8 Å². The van der Waals surface area contributed by atoms with Crippen LogP contribution in [0.15, 0.2) is 12.1 Å². The van der Waals surface area contributed by atoms with Crippen LogP contribution < -0.4 is 0 Å². The first-order valence-electron chi connectivity index (χ1n) is 5.08. The molecule has 1 aliphatic heterocycles. The van der Waals surface area contributed by atoms with Gasteiger partial charge in [0.05, 0.1) is 24.3 Å². The van der Waals surface area contributed by atoms with Crippen molar-refractivity contribution in [1.82, 2.24) is 0 Å². The molecule has 5 nitrogen and oxygen atoms in total. The van der Waals surface area contributed by atoms with Crippen molar-refractivity contribution in [2.24, 2.45) is 0 Å². The molecule has 2 rings (SSSR count). The van der Waals surface area contributed by atoms with Crippen LogP contribution in [0.4, 0.5) is 0 Å². The van der Waals surface area contributed by atoms with Crippen molar-refractivity contribution in [3.8, 4) is 0 Å². The van der Waals surface area contributed by atoms with Gasteiger partial charge in [-0.25, -0.2) is 9.59 Å². The Morgan fingerprint density at radius 3 is 2.41 bits per heavy atom. The molecule has 0 radical (unpaired) electrons. The monoisotopic (exact) mass is 236 g/mol. The van der Waals surface area contributed by atoms with E-state index in [1.807, 2.05) is 0 Å². The molecule has 0 amide bonds. The van der Waals surface area contributed by atoms with E-state index in [2.05, 4.69) is 4.74 Å². The zero-order chi connectivity index (χ0) is 12.4. The number of hydrogen-bond donors (Lipinski definition) is 0. The van der Waals surface area contributed by atoms with Crippen LogP contribution in [-0.4, -0.2) is 26.2 Å². The lowest BCUT2D eigenvalue weighted by Crippen LogP contribution is -2.06. The van der Waals surface area contributed by atoms with E-state index in [-0.39, 0.29) is 6.61 Å². The fraction of sp³-hybridized carbons (Fsp3) is 0.333. The molecule has 5 heteroatoms. The summed E-state index contributed by atoms with van der Waals surface area (Å²) in [6.07, 6.45) is 0. The maximum absolute atomic E-state index is 11.6. The minimum Gasteiger partial charge on any atom is -0.386 e. The molecule has 0 unspecified atom stereocenters. The van der Waals surface area contributed by atoms with Gasteiger partial charge in [0.25, 0.3) is 0 Å². The fourth-order valence-corrected chi connectivity index (χ4v) is 1.88. The highest BCUT2D eigenvalue weighted by Gasteiger charge is 2.33. The Labute approximate surface area is 98.3 Å². The maximum atomic E-state index is 11.6. The van der Waals surface area contributed by atoms with Gasteiger partial charge in [-0.2, -0.15) is 0 Å². The number of carbonyl (C=O) groups excluding carboxylic acids is 2. The molecule has 0 aliphatic carbocycles. The van der Waals surface area contributed by atoms with E-state index in [0.29, 0.717) is 23.3 Å². The molecule has 1 aliphatic rings. The van der Waals surface area contributed by atoms with Crippen molar-refractivity contribution in [2.75, 3.05) is 14.2 Å². The van der Waals surface area contributed by atoms with Crippen molar-refractivity contribution >= 4 is 11.9 Å². The first-order valence-corrected chi connectivity index (χ1v) is 5.08. The van der Waals surface area contributed by atoms with Gasteiger partial charge in [0.2, 0.25) is 0 Å². The Bertz CT molecular complexity index is 478. The lowest BCUT2D eigenvalue weighted by molar-refractivity contribution is 0.0442. The smallest absolute Gasteiger partial charge is 0.347 e. The molecule has 0 fully saturated rings. The number of esters is 2. The number of cyclic esters (lactones) is 2. The molecule has 0 N–H and O–H groups in total. The first-order chi connectivity index (χ1) is 8.19. The Balaban J connectivity index is 2.57. The van der Waals surface area contributed by atoms with Gasteiger partial charge < -0.3 is 14.2 Å². The van der Waals surface area contributed by atoms with Crippen LogP contribution in [0.3, 0.4) is 0 Å². The zero-order valence-corrected chi connectivity index (χ0v) is 9.61. The third kappa shape index (κ3) is 1.94. The maximum Gasteiger partial charge on any atom is 0.347 e. The Morgan fingerprint density at radius 1 is 1.06 bits per heavy atom. The van der Waals surface area contributed by atoms with Crippen LogP contribution in [0.2, 0.25) is 0 Å². The lowest BCUT2D eigenvalue weighted by atomic mass is 9.98. The molecule has 1 aromatic rings.